The minimum atomic E-state index is -0.242. The first-order valence-corrected chi connectivity index (χ1v) is 9.19. The number of aromatic nitrogens is 2. The molecule has 4 heterocycles. The molecular weight excluding hydrogens is 334 g/mol. The number of nitrogen functional groups attached to an aromatic ring is 1. The van der Waals surface area contributed by atoms with E-state index >= 15 is 0 Å². The van der Waals surface area contributed by atoms with Crippen LogP contribution in [0.2, 0.25) is 0 Å². The Hall–Kier alpha value is -2.67. The molecule has 0 spiro atoms. The molecule has 0 atom stereocenters. The van der Waals surface area contributed by atoms with Gasteiger partial charge in [-0.15, -0.1) is 11.3 Å². The van der Waals surface area contributed by atoms with Crippen LogP contribution >= 0.6 is 11.3 Å². The zero-order valence-electron chi connectivity index (χ0n) is 13.7. The van der Waals surface area contributed by atoms with E-state index < -0.39 is 0 Å². The van der Waals surface area contributed by atoms with E-state index in [1.54, 1.807) is 18.6 Å². The van der Waals surface area contributed by atoms with Crippen molar-refractivity contribution >= 4 is 43.8 Å². The van der Waals surface area contributed by atoms with Gasteiger partial charge in [0.2, 0.25) is 0 Å². The number of thiophene rings is 1. The number of nitrogens with zero attached hydrogens (tertiary/aromatic N) is 3. The molecular formula is C18H19N5OS. The second kappa shape index (κ2) is 6.68. The number of carbonyl (C=O) groups excluding carboxylic acids is 1. The van der Waals surface area contributed by atoms with Crippen molar-refractivity contribution in [2.75, 3.05) is 29.0 Å². The quantitative estimate of drug-likeness (QED) is 0.753. The molecule has 1 fully saturated rings. The van der Waals surface area contributed by atoms with Gasteiger partial charge in [0.25, 0.3) is 5.91 Å². The second-order valence-corrected chi connectivity index (χ2v) is 7.17. The number of anilines is 3. The highest BCUT2D eigenvalue weighted by molar-refractivity contribution is 7.23. The van der Waals surface area contributed by atoms with Gasteiger partial charge < -0.3 is 16.0 Å². The number of amides is 1. The summed E-state index contributed by atoms with van der Waals surface area (Å²) >= 11 is 1.38. The molecule has 128 valence electrons. The topological polar surface area (TPSA) is 84.1 Å². The van der Waals surface area contributed by atoms with Gasteiger partial charge in [-0.25, -0.2) is 0 Å². The van der Waals surface area contributed by atoms with Crippen LogP contribution < -0.4 is 16.0 Å². The van der Waals surface area contributed by atoms with Crippen LogP contribution in [-0.4, -0.2) is 29.0 Å². The largest absolute Gasteiger partial charge is 0.390 e. The van der Waals surface area contributed by atoms with E-state index in [4.69, 9.17) is 5.73 Å². The summed E-state index contributed by atoms with van der Waals surface area (Å²) in [4.78, 5) is 23.7. The fourth-order valence-electron chi connectivity index (χ4n) is 3.25. The molecule has 0 aliphatic carbocycles. The van der Waals surface area contributed by atoms with Crippen molar-refractivity contribution in [2.24, 2.45) is 0 Å². The van der Waals surface area contributed by atoms with E-state index in [1.165, 1.54) is 30.6 Å². The van der Waals surface area contributed by atoms with E-state index in [-0.39, 0.29) is 5.91 Å². The highest BCUT2D eigenvalue weighted by atomic mass is 32.1. The number of piperidine rings is 1. The molecule has 1 saturated heterocycles. The van der Waals surface area contributed by atoms with Gasteiger partial charge in [-0.3, -0.25) is 14.8 Å². The van der Waals surface area contributed by atoms with E-state index in [1.807, 2.05) is 18.2 Å². The van der Waals surface area contributed by atoms with Gasteiger partial charge in [0, 0.05) is 25.5 Å². The monoisotopic (exact) mass is 353 g/mol. The summed E-state index contributed by atoms with van der Waals surface area (Å²) in [7, 11) is 0. The average Bonchev–Trinajstić information content (AvgIpc) is 2.98. The highest BCUT2D eigenvalue weighted by Crippen LogP contribution is 2.33. The van der Waals surface area contributed by atoms with Crippen LogP contribution in [0.25, 0.3) is 10.2 Å². The fraction of sp³-hybridized carbons (Fsp3) is 0.278. The fourth-order valence-corrected chi connectivity index (χ4v) is 4.17. The Morgan fingerprint density at radius 2 is 2.04 bits per heavy atom. The van der Waals surface area contributed by atoms with Gasteiger partial charge in [0.1, 0.15) is 10.6 Å². The van der Waals surface area contributed by atoms with Gasteiger partial charge in [0.05, 0.1) is 27.8 Å². The zero-order valence-corrected chi connectivity index (χ0v) is 14.6. The van der Waals surface area contributed by atoms with Gasteiger partial charge in [-0.2, -0.15) is 0 Å². The lowest BCUT2D eigenvalue weighted by atomic mass is 10.1. The van der Waals surface area contributed by atoms with Gasteiger partial charge in [-0.1, -0.05) is 0 Å². The number of nitrogens with one attached hydrogen (secondary N) is 1. The Balaban J connectivity index is 1.66. The van der Waals surface area contributed by atoms with Crippen LogP contribution in [0.5, 0.6) is 0 Å². The molecule has 0 saturated carbocycles. The van der Waals surface area contributed by atoms with Crippen molar-refractivity contribution < 1.29 is 4.79 Å². The number of fused-ring (bicyclic) bond motifs is 1. The van der Waals surface area contributed by atoms with Crippen LogP contribution in [0.3, 0.4) is 0 Å². The molecule has 3 aromatic heterocycles. The summed E-state index contributed by atoms with van der Waals surface area (Å²) in [5, 5.41) is 3.47. The van der Waals surface area contributed by atoms with Crippen molar-refractivity contribution in [3.8, 4) is 0 Å². The average molecular weight is 353 g/mol. The number of pyridine rings is 2. The van der Waals surface area contributed by atoms with E-state index in [0.717, 1.165) is 23.5 Å². The van der Waals surface area contributed by atoms with Gasteiger partial charge in [0.15, 0.2) is 0 Å². The predicted molar refractivity (Wildman–Crippen MR) is 102 cm³/mol. The third kappa shape index (κ3) is 3.02. The first kappa shape index (κ1) is 15.8. The molecule has 0 radical (unpaired) electrons. The maximum absolute atomic E-state index is 12.9. The van der Waals surface area contributed by atoms with Crippen molar-refractivity contribution in [3.63, 3.8) is 0 Å². The normalized spacial score (nSPS) is 14.6. The summed E-state index contributed by atoms with van der Waals surface area (Å²) in [5.41, 5.74) is 8.88. The minimum absolute atomic E-state index is 0.242. The Morgan fingerprint density at radius 3 is 2.88 bits per heavy atom. The van der Waals surface area contributed by atoms with Crippen LogP contribution in [0, 0.1) is 0 Å². The molecule has 0 aromatic carbocycles. The lowest BCUT2D eigenvalue weighted by molar-refractivity contribution is 0.102. The van der Waals surface area contributed by atoms with Crippen molar-refractivity contribution in [1.29, 1.82) is 0 Å². The number of hydrogen-bond acceptors (Lipinski definition) is 6. The molecule has 0 unspecified atom stereocenters. The van der Waals surface area contributed by atoms with E-state index in [9.17, 15) is 4.79 Å². The standard InChI is InChI=1S/C18H19N5OS/c19-17-15(16-14(25-17)5-4-7-21-16)18(24)22-12-11-20-8-6-13(12)23-9-2-1-3-10-23/h4-8,11H,1-3,9-10,19H2,(H,22,24). The van der Waals surface area contributed by atoms with Crippen molar-refractivity contribution in [3.05, 3.63) is 42.4 Å². The highest BCUT2D eigenvalue weighted by Gasteiger charge is 2.21. The molecule has 1 aliphatic rings. The van der Waals surface area contributed by atoms with Crippen LogP contribution in [0.4, 0.5) is 16.4 Å². The lowest BCUT2D eigenvalue weighted by Gasteiger charge is -2.30. The number of rotatable bonds is 3. The molecule has 1 aliphatic heterocycles. The van der Waals surface area contributed by atoms with E-state index in [2.05, 4.69) is 20.2 Å². The first-order valence-electron chi connectivity index (χ1n) is 8.37. The summed E-state index contributed by atoms with van der Waals surface area (Å²) in [6.07, 6.45) is 8.72. The maximum Gasteiger partial charge on any atom is 0.260 e. The summed E-state index contributed by atoms with van der Waals surface area (Å²) < 4.78 is 0.910. The smallest absolute Gasteiger partial charge is 0.260 e. The molecule has 6 nitrogen and oxygen atoms in total. The SMILES string of the molecule is Nc1sc2cccnc2c1C(=O)Nc1cnccc1N1CCCCC1. The molecule has 1 amide bonds. The Kier molecular flexibility index (Phi) is 4.23. The lowest BCUT2D eigenvalue weighted by Crippen LogP contribution is -2.30. The van der Waals surface area contributed by atoms with Crippen molar-refractivity contribution in [1.82, 2.24) is 9.97 Å². The first-order chi connectivity index (χ1) is 12.2. The molecule has 3 aromatic rings. The number of nitrogens with two attached hydrogens (primary N) is 1. The van der Waals surface area contributed by atoms with Crippen LogP contribution in [0.1, 0.15) is 29.6 Å². The molecule has 25 heavy (non-hydrogen) atoms. The Morgan fingerprint density at radius 1 is 1.20 bits per heavy atom. The molecule has 4 rings (SSSR count). The third-order valence-corrected chi connectivity index (χ3v) is 5.42. The number of hydrogen-bond donors (Lipinski definition) is 2. The third-order valence-electron chi connectivity index (χ3n) is 4.44. The maximum atomic E-state index is 12.9. The summed E-state index contributed by atoms with van der Waals surface area (Å²) in [5.74, 6) is -0.242. The van der Waals surface area contributed by atoms with Crippen molar-refractivity contribution in [2.45, 2.75) is 19.3 Å². The number of carbonyl (C=O) groups is 1. The summed E-state index contributed by atoms with van der Waals surface area (Å²) in [6, 6.07) is 5.72. The van der Waals surface area contributed by atoms with Gasteiger partial charge in [-0.05, 0) is 37.5 Å². The predicted octanol–water partition coefficient (Wildman–Crippen LogP) is 3.52. The molecule has 7 heteroatoms. The van der Waals surface area contributed by atoms with Crippen LogP contribution in [-0.2, 0) is 0 Å². The zero-order chi connectivity index (χ0) is 17.2. The van der Waals surface area contributed by atoms with Gasteiger partial charge >= 0.3 is 0 Å². The molecule has 3 N–H and O–H groups in total. The van der Waals surface area contributed by atoms with Crippen LogP contribution in [0.15, 0.2) is 36.8 Å². The Bertz CT molecular complexity index is 917. The Labute approximate surface area is 149 Å². The van der Waals surface area contributed by atoms with E-state index in [0.29, 0.717) is 21.8 Å². The molecule has 0 bridgehead atoms. The second-order valence-electron chi connectivity index (χ2n) is 6.09. The summed E-state index contributed by atoms with van der Waals surface area (Å²) in [6.45, 7) is 2.00. The minimum Gasteiger partial charge on any atom is -0.390 e.